The van der Waals surface area contributed by atoms with Gasteiger partial charge in [0.05, 0.1) is 23.5 Å². The minimum Gasteiger partial charge on any atom is -0.392 e. The van der Waals surface area contributed by atoms with Crippen LogP contribution in [0.15, 0.2) is 71.8 Å². The van der Waals surface area contributed by atoms with Crippen LogP contribution in [0.2, 0.25) is 0 Å². The van der Waals surface area contributed by atoms with Crippen LogP contribution in [0.1, 0.15) is 51.6 Å². The van der Waals surface area contributed by atoms with Crippen LogP contribution < -0.4 is 20.7 Å². The van der Waals surface area contributed by atoms with E-state index < -0.39 is 5.60 Å². The first kappa shape index (κ1) is 32.0. The van der Waals surface area contributed by atoms with Crippen molar-refractivity contribution in [2.45, 2.75) is 38.4 Å². The van der Waals surface area contributed by atoms with Crippen molar-refractivity contribution >= 4 is 34.7 Å². The predicted octanol–water partition coefficient (Wildman–Crippen LogP) is 3.94. The Morgan fingerprint density at radius 3 is 2.47 bits per heavy atom. The van der Waals surface area contributed by atoms with E-state index >= 15 is 0 Å². The Kier molecular flexibility index (Phi) is 8.61. The molecule has 11 nitrogen and oxygen atoms in total. The Morgan fingerprint density at radius 2 is 1.79 bits per heavy atom. The molecule has 2 amide bonds. The van der Waals surface area contributed by atoms with Crippen molar-refractivity contribution in [3.8, 4) is 11.1 Å². The van der Waals surface area contributed by atoms with Crippen molar-refractivity contribution in [3.63, 3.8) is 0 Å². The number of piperidine rings is 1. The Labute approximate surface area is 273 Å². The van der Waals surface area contributed by atoms with Crippen LogP contribution in [0.5, 0.6) is 0 Å². The Balaban J connectivity index is 1.26. The molecule has 2 aliphatic rings. The molecule has 4 heterocycles. The minimum absolute atomic E-state index is 0.119. The minimum atomic E-state index is -0.753. The van der Waals surface area contributed by atoms with Crippen molar-refractivity contribution < 1.29 is 19.8 Å². The Bertz CT molecular complexity index is 1890. The van der Waals surface area contributed by atoms with Crippen LogP contribution in [0, 0.1) is 0 Å². The molecule has 6 rings (SSSR count). The number of nitrogens with one attached hydrogen (secondary N) is 1. The van der Waals surface area contributed by atoms with E-state index in [1.165, 1.54) is 10.8 Å². The molecule has 2 aromatic carbocycles. The average Bonchev–Trinajstić information content (AvgIpc) is 3.06. The van der Waals surface area contributed by atoms with Gasteiger partial charge in [0.2, 0.25) is 0 Å². The van der Waals surface area contributed by atoms with Crippen LogP contribution >= 0.6 is 0 Å². The second-order valence-electron chi connectivity index (χ2n) is 12.8. The fourth-order valence-electron chi connectivity index (χ4n) is 6.30. The van der Waals surface area contributed by atoms with Crippen LogP contribution in [-0.2, 0) is 20.1 Å². The summed E-state index contributed by atoms with van der Waals surface area (Å²) in [6.45, 7) is 2.90. The number of carbonyl (C=O) groups excluding carboxylic acids is 2. The molecule has 0 aliphatic carbocycles. The lowest BCUT2D eigenvalue weighted by Crippen LogP contribution is -2.45. The van der Waals surface area contributed by atoms with Gasteiger partial charge in [-0.1, -0.05) is 12.1 Å². The third kappa shape index (κ3) is 6.36. The first-order valence-electron chi connectivity index (χ1n) is 15.8. The molecule has 4 aromatic rings. The third-order valence-electron chi connectivity index (χ3n) is 9.18. The van der Waals surface area contributed by atoms with E-state index in [1.807, 2.05) is 55.4 Å². The van der Waals surface area contributed by atoms with Crippen molar-refractivity contribution in [2.24, 2.45) is 7.05 Å². The lowest BCUT2D eigenvalue weighted by atomic mass is 9.93. The largest absolute Gasteiger partial charge is 0.392 e. The number of hydrogen-bond donors (Lipinski definition) is 3. The molecule has 2 aromatic heterocycles. The van der Waals surface area contributed by atoms with Gasteiger partial charge in [0.25, 0.3) is 17.4 Å². The number of amides is 2. The SMILES string of the molecule is CN(C)c1ccc2c(c1)CCN(c1cccc(-c3cc(Nc4ccc(C(=O)N5CCC(C)(O)CC5)cn4)c(=O)n(C)c3)c1CO)C2=O. The highest BCUT2D eigenvalue weighted by Crippen LogP contribution is 2.35. The van der Waals surface area contributed by atoms with E-state index in [4.69, 9.17) is 0 Å². The van der Waals surface area contributed by atoms with E-state index in [0.717, 1.165) is 11.3 Å². The van der Waals surface area contributed by atoms with Crippen LogP contribution in [0.3, 0.4) is 0 Å². The summed E-state index contributed by atoms with van der Waals surface area (Å²) in [6, 6.07) is 16.4. The number of aliphatic hydroxyl groups is 2. The molecular weight excluding hydrogens is 596 g/mol. The maximum Gasteiger partial charge on any atom is 0.274 e. The quantitative estimate of drug-likeness (QED) is 0.278. The molecule has 0 atom stereocenters. The lowest BCUT2D eigenvalue weighted by Gasteiger charge is -2.35. The second kappa shape index (κ2) is 12.7. The maximum atomic E-state index is 13.7. The maximum absolute atomic E-state index is 13.7. The smallest absolute Gasteiger partial charge is 0.274 e. The van der Waals surface area contributed by atoms with Gasteiger partial charge in [-0.3, -0.25) is 14.4 Å². The Hall–Kier alpha value is -5.00. The van der Waals surface area contributed by atoms with E-state index in [1.54, 1.807) is 48.2 Å². The van der Waals surface area contributed by atoms with E-state index in [0.29, 0.717) is 78.2 Å². The summed E-state index contributed by atoms with van der Waals surface area (Å²) in [7, 11) is 5.59. The molecular formula is C36H40N6O5. The summed E-state index contributed by atoms with van der Waals surface area (Å²) in [5.74, 6) is 0.123. The highest BCUT2D eigenvalue weighted by Gasteiger charge is 2.31. The first-order valence-corrected chi connectivity index (χ1v) is 15.8. The molecule has 3 N–H and O–H groups in total. The molecule has 47 heavy (non-hydrogen) atoms. The standard InChI is InChI=1S/C36H40N6O5/c1-36(47)13-16-41(17-14-36)33(44)24-8-11-32(37-20-24)38-30-19-25(21-40(4)35(30)46)27-6-5-7-31(29(27)22-43)42-15-12-23-18-26(39(2)3)9-10-28(23)34(42)45/h5-11,18-21,43,47H,12-17,22H2,1-4H3,(H,37,38). The monoisotopic (exact) mass is 636 g/mol. The second-order valence-corrected chi connectivity index (χ2v) is 12.8. The van der Waals surface area contributed by atoms with Gasteiger partial charge in [0.15, 0.2) is 0 Å². The fourth-order valence-corrected chi connectivity index (χ4v) is 6.30. The summed E-state index contributed by atoms with van der Waals surface area (Å²) in [4.78, 5) is 49.7. The van der Waals surface area contributed by atoms with Crippen molar-refractivity contribution in [1.82, 2.24) is 14.5 Å². The molecule has 0 saturated carbocycles. The predicted molar refractivity (Wildman–Crippen MR) is 182 cm³/mol. The molecule has 0 unspecified atom stereocenters. The third-order valence-corrected chi connectivity index (χ3v) is 9.18. The topological polar surface area (TPSA) is 131 Å². The first-order chi connectivity index (χ1) is 22.5. The van der Waals surface area contributed by atoms with Gasteiger partial charge in [-0.05, 0) is 79.8 Å². The molecule has 1 saturated heterocycles. The summed E-state index contributed by atoms with van der Waals surface area (Å²) in [5.41, 5.74) is 4.92. The molecule has 1 fully saturated rings. The molecule has 11 heteroatoms. The number of aliphatic hydroxyl groups excluding tert-OH is 1. The van der Waals surface area contributed by atoms with Gasteiger partial charge in [0.1, 0.15) is 11.5 Å². The summed E-state index contributed by atoms with van der Waals surface area (Å²) < 4.78 is 1.46. The van der Waals surface area contributed by atoms with Gasteiger partial charge in [0, 0.05) is 75.5 Å². The highest BCUT2D eigenvalue weighted by atomic mass is 16.3. The van der Waals surface area contributed by atoms with Gasteiger partial charge >= 0.3 is 0 Å². The van der Waals surface area contributed by atoms with Crippen LogP contribution in [-0.4, -0.2) is 75.8 Å². The number of anilines is 4. The van der Waals surface area contributed by atoms with Crippen LogP contribution in [0.25, 0.3) is 11.1 Å². The number of fused-ring (bicyclic) bond motifs is 1. The zero-order chi connectivity index (χ0) is 33.5. The zero-order valence-corrected chi connectivity index (χ0v) is 27.2. The van der Waals surface area contributed by atoms with Crippen molar-refractivity contribution in [3.05, 3.63) is 99.6 Å². The average molecular weight is 637 g/mol. The van der Waals surface area contributed by atoms with Gasteiger partial charge < -0.3 is 34.8 Å². The molecule has 2 aliphatic heterocycles. The number of carbonyl (C=O) groups is 2. The van der Waals surface area contributed by atoms with Crippen molar-refractivity contribution in [2.75, 3.05) is 48.8 Å². The summed E-state index contributed by atoms with van der Waals surface area (Å²) >= 11 is 0. The number of hydrogen-bond acceptors (Lipinski definition) is 8. The lowest BCUT2D eigenvalue weighted by molar-refractivity contribution is -0.00204. The van der Waals surface area contributed by atoms with Crippen LogP contribution in [0.4, 0.5) is 22.9 Å². The number of benzene rings is 2. The molecule has 0 radical (unpaired) electrons. The van der Waals surface area contributed by atoms with Crippen molar-refractivity contribution in [1.29, 1.82) is 0 Å². The number of rotatable bonds is 7. The number of aromatic nitrogens is 2. The molecule has 244 valence electrons. The zero-order valence-electron chi connectivity index (χ0n) is 27.2. The normalized spacial score (nSPS) is 15.7. The van der Waals surface area contributed by atoms with E-state index in [-0.39, 0.29) is 29.7 Å². The number of likely N-dealkylation sites (tertiary alicyclic amines) is 1. The molecule has 0 spiro atoms. The Morgan fingerprint density at radius 1 is 1.02 bits per heavy atom. The number of aryl methyl sites for hydroxylation is 1. The van der Waals surface area contributed by atoms with E-state index in [2.05, 4.69) is 10.3 Å². The highest BCUT2D eigenvalue weighted by molar-refractivity contribution is 6.09. The number of pyridine rings is 2. The summed E-state index contributed by atoms with van der Waals surface area (Å²) in [5, 5.41) is 23.9. The molecule has 0 bridgehead atoms. The van der Waals surface area contributed by atoms with Gasteiger partial charge in [-0.2, -0.15) is 0 Å². The number of nitrogens with zero attached hydrogens (tertiary/aromatic N) is 5. The van der Waals surface area contributed by atoms with Gasteiger partial charge in [-0.25, -0.2) is 4.98 Å². The van der Waals surface area contributed by atoms with Gasteiger partial charge in [-0.15, -0.1) is 0 Å². The summed E-state index contributed by atoms with van der Waals surface area (Å²) in [6.07, 6.45) is 4.91. The fraction of sp³-hybridized carbons (Fsp3) is 0.333. The van der Waals surface area contributed by atoms with E-state index in [9.17, 15) is 24.6 Å².